The number of benzene rings is 3. The van der Waals surface area contributed by atoms with E-state index >= 15 is 0 Å². The summed E-state index contributed by atoms with van der Waals surface area (Å²) in [7, 11) is 3.29. The third kappa shape index (κ3) is 5.07. The molecule has 5 nitrogen and oxygen atoms in total. The number of ether oxygens (including phenoxy) is 2. The van der Waals surface area contributed by atoms with Gasteiger partial charge >= 0.3 is 0 Å². The molecular formula is C28H31FN2O3. The standard InChI is InChI=1S/C28H31FN2O3/c1-20-11-13-22(14-12-20)31(28(32)24-8-4-5-9-25(24)29)23-15-17-30(18-16-23)19-21-7-6-10-26(33-2)27(21)34-3/h4-14,23H,15-19H2,1-3H3. The largest absolute Gasteiger partial charge is 0.493 e. The van der Waals surface area contributed by atoms with E-state index in [-0.39, 0.29) is 17.5 Å². The lowest BCUT2D eigenvalue weighted by Crippen LogP contribution is -2.47. The van der Waals surface area contributed by atoms with Gasteiger partial charge in [-0.2, -0.15) is 0 Å². The first-order valence-electron chi connectivity index (χ1n) is 11.6. The van der Waals surface area contributed by atoms with E-state index < -0.39 is 5.82 Å². The highest BCUT2D eigenvalue weighted by Gasteiger charge is 2.31. The van der Waals surface area contributed by atoms with Gasteiger partial charge in [0.05, 0.1) is 19.8 Å². The van der Waals surface area contributed by atoms with Crippen molar-refractivity contribution in [1.29, 1.82) is 0 Å². The summed E-state index contributed by atoms with van der Waals surface area (Å²) in [5.74, 6) is 0.682. The number of carbonyl (C=O) groups is 1. The smallest absolute Gasteiger partial charge is 0.261 e. The van der Waals surface area contributed by atoms with E-state index in [1.807, 2.05) is 49.4 Å². The fourth-order valence-corrected chi connectivity index (χ4v) is 4.62. The average Bonchev–Trinajstić information content (AvgIpc) is 2.86. The van der Waals surface area contributed by atoms with Crippen molar-refractivity contribution in [2.24, 2.45) is 0 Å². The number of nitrogens with zero attached hydrogens (tertiary/aromatic N) is 2. The Kier molecular flexibility index (Phi) is 7.48. The van der Waals surface area contributed by atoms with E-state index in [4.69, 9.17) is 9.47 Å². The van der Waals surface area contributed by atoms with E-state index in [2.05, 4.69) is 4.90 Å². The Bertz CT molecular complexity index is 1120. The molecule has 1 amide bonds. The lowest BCUT2D eigenvalue weighted by molar-refractivity contribution is 0.0954. The predicted octanol–water partition coefficient (Wildman–Crippen LogP) is 5.46. The molecule has 0 atom stereocenters. The molecule has 1 saturated heterocycles. The Labute approximate surface area is 200 Å². The molecule has 1 fully saturated rings. The van der Waals surface area contributed by atoms with E-state index in [1.54, 1.807) is 37.3 Å². The molecule has 1 aliphatic heterocycles. The Morgan fingerprint density at radius 3 is 2.32 bits per heavy atom. The molecule has 3 aromatic rings. The van der Waals surface area contributed by atoms with Crippen molar-refractivity contribution >= 4 is 11.6 Å². The summed E-state index contributed by atoms with van der Waals surface area (Å²) in [4.78, 5) is 17.7. The molecule has 0 N–H and O–H groups in total. The topological polar surface area (TPSA) is 42.0 Å². The predicted molar refractivity (Wildman–Crippen MR) is 132 cm³/mol. The molecule has 4 rings (SSSR count). The van der Waals surface area contributed by atoms with Crippen LogP contribution >= 0.6 is 0 Å². The van der Waals surface area contributed by atoms with Gasteiger partial charge in [0.2, 0.25) is 0 Å². The molecule has 0 unspecified atom stereocenters. The number of piperidine rings is 1. The van der Waals surface area contributed by atoms with Gasteiger partial charge in [0, 0.05) is 36.9 Å². The van der Waals surface area contributed by atoms with Crippen LogP contribution in [0.3, 0.4) is 0 Å². The summed E-state index contributed by atoms with van der Waals surface area (Å²) in [5.41, 5.74) is 3.08. The first-order valence-corrected chi connectivity index (χ1v) is 11.6. The van der Waals surface area contributed by atoms with Crippen LogP contribution in [0, 0.1) is 12.7 Å². The minimum absolute atomic E-state index is 0.0155. The molecule has 0 bridgehead atoms. The molecule has 34 heavy (non-hydrogen) atoms. The number of rotatable bonds is 7. The maximum absolute atomic E-state index is 14.5. The Balaban J connectivity index is 1.53. The van der Waals surface area contributed by atoms with Gasteiger partial charge in [0.15, 0.2) is 11.5 Å². The second kappa shape index (κ2) is 10.7. The molecular weight excluding hydrogens is 431 g/mol. The van der Waals surface area contributed by atoms with Crippen molar-refractivity contribution < 1.29 is 18.7 Å². The number of halogens is 1. The van der Waals surface area contributed by atoms with E-state index in [0.29, 0.717) is 0 Å². The molecule has 1 heterocycles. The van der Waals surface area contributed by atoms with Crippen molar-refractivity contribution in [1.82, 2.24) is 4.90 Å². The lowest BCUT2D eigenvalue weighted by atomic mass is 9.99. The van der Waals surface area contributed by atoms with Crippen molar-refractivity contribution in [3.63, 3.8) is 0 Å². The molecule has 0 aromatic heterocycles. The summed E-state index contributed by atoms with van der Waals surface area (Å²) in [5, 5.41) is 0. The van der Waals surface area contributed by atoms with Crippen molar-refractivity contribution in [3.05, 3.63) is 89.2 Å². The number of likely N-dealkylation sites (tertiary alicyclic amines) is 1. The average molecular weight is 463 g/mol. The molecule has 1 aliphatic rings. The van der Waals surface area contributed by atoms with Gasteiger partial charge in [-0.15, -0.1) is 0 Å². The molecule has 0 spiro atoms. The molecule has 0 aliphatic carbocycles. The molecule has 178 valence electrons. The second-order valence-electron chi connectivity index (χ2n) is 8.65. The summed E-state index contributed by atoms with van der Waals surface area (Å²) in [6.07, 6.45) is 1.58. The highest BCUT2D eigenvalue weighted by atomic mass is 19.1. The summed E-state index contributed by atoms with van der Waals surface area (Å²) in [6.45, 7) is 4.38. The summed E-state index contributed by atoms with van der Waals surface area (Å²) >= 11 is 0. The number of hydrogen-bond acceptors (Lipinski definition) is 4. The zero-order chi connectivity index (χ0) is 24.1. The maximum Gasteiger partial charge on any atom is 0.261 e. The van der Waals surface area contributed by atoms with Gasteiger partial charge in [0.1, 0.15) is 5.82 Å². The van der Waals surface area contributed by atoms with Crippen molar-refractivity contribution in [3.8, 4) is 11.5 Å². The van der Waals surface area contributed by atoms with Gasteiger partial charge in [-0.25, -0.2) is 4.39 Å². The highest BCUT2D eigenvalue weighted by molar-refractivity contribution is 6.06. The second-order valence-corrected chi connectivity index (χ2v) is 8.65. The minimum Gasteiger partial charge on any atom is -0.493 e. The first-order chi connectivity index (χ1) is 16.5. The van der Waals surface area contributed by atoms with Crippen LogP contribution in [0.5, 0.6) is 11.5 Å². The van der Waals surface area contributed by atoms with E-state index in [0.717, 1.165) is 60.8 Å². The van der Waals surface area contributed by atoms with Crippen LogP contribution < -0.4 is 14.4 Å². The number of para-hydroxylation sites is 1. The van der Waals surface area contributed by atoms with Gasteiger partial charge < -0.3 is 14.4 Å². The lowest BCUT2D eigenvalue weighted by Gasteiger charge is -2.39. The zero-order valence-electron chi connectivity index (χ0n) is 20.0. The molecule has 0 saturated carbocycles. The van der Waals surface area contributed by atoms with Gasteiger partial charge in [-0.1, -0.05) is 42.0 Å². The number of carbonyl (C=O) groups excluding carboxylic acids is 1. The Morgan fingerprint density at radius 2 is 1.68 bits per heavy atom. The van der Waals surface area contributed by atoms with E-state index in [9.17, 15) is 9.18 Å². The van der Waals surface area contributed by atoms with Crippen LogP contribution in [0.2, 0.25) is 0 Å². The van der Waals surface area contributed by atoms with Gasteiger partial charge in [-0.3, -0.25) is 9.69 Å². The highest BCUT2D eigenvalue weighted by Crippen LogP contribution is 2.33. The van der Waals surface area contributed by atoms with Crippen LogP contribution in [0.4, 0.5) is 10.1 Å². The number of amides is 1. The van der Waals surface area contributed by atoms with Gasteiger partial charge in [0.25, 0.3) is 5.91 Å². The molecule has 6 heteroatoms. The SMILES string of the molecule is COc1cccc(CN2CCC(N(C(=O)c3ccccc3F)c3ccc(C)cc3)CC2)c1OC. The number of hydrogen-bond donors (Lipinski definition) is 0. The quantitative estimate of drug-likeness (QED) is 0.467. The summed E-state index contributed by atoms with van der Waals surface area (Å²) < 4.78 is 25.5. The van der Waals surface area contributed by atoms with Crippen LogP contribution in [0.1, 0.15) is 34.3 Å². The van der Waals surface area contributed by atoms with Crippen molar-refractivity contribution in [2.45, 2.75) is 32.4 Å². The maximum atomic E-state index is 14.5. The first kappa shape index (κ1) is 23.8. The summed E-state index contributed by atoms with van der Waals surface area (Å²) in [6, 6.07) is 20.0. The number of methoxy groups -OCH3 is 2. The molecule has 3 aromatic carbocycles. The number of anilines is 1. The fourth-order valence-electron chi connectivity index (χ4n) is 4.62. The van der Waals surface area contributed by atoms with Crippen LogP contribution in [0.15, 0.2) is 66.7 Å². The monoisotopic (exact) mass is 462 g/mol. The third-order valence-electron chi connectivity index (χ3n) is 6.44. The van der Waals surface area contributed by atoms with Gasteiger partial charge in [-0.05, 0) is 50.1 Å². The normalized spacial score (nSPS) is 14.6. The Hall–Kier alpha value is -3.38. The number of aryl methyl sites for hydroxylation is 1. The van der Waals surface area contributed by atoms with Crippen LogP contribution in [-0.2, 0) is 6.54 Å². The van der Waals surface area contributed by atoms with Crippen molar-refractivity contribution in [2.75, 3.05) is 32.2 Å². The van der Waals surface area contributed by atoms with E-state index in [1.165, 1.54) is 6.07 Å². The minimum atomic E-state index is -0.493. The van der Waals surface area contributed by atoms with Crippen LogP contribution in [-0.4, -0.2) is 44.2 Å². The zero-order valence-corrected chi connectivity index (χ0v) is 20.0. The Morgan fingerprint density at radius 1 is 0.971 bits per heavy atom. The van der Waals surface area contributed by atoms with Crippen LogP contribution in [0.25, 0.3) is 0 Å². The third-order valence-corrected chi connectivity index (χ3v) is 6.44. The fraction of sp³-hybridized carbons (Fsp3) is 0.321. The molecule has 0 radical (unpaired) electrons.